The number of para-hydroxylation sites is 1. The van der Waals surface area contributed by atoms with Gasteiger partial charge >= 0.3 is 6.03 Å². The quantitative estimate of drug-likeness (QED) is 0.547. The zero-order valence-electron chi connectivity index (χ0n) is 18.9. The third-order valence-corrected chi connectivity index (χ3v) is 5.92. The molecule has 7 nitrogen and oxygen atoms in total. The first-order valence-electron chi connectivity index (χ1n) is 10.9. The Hall–Kier alpha value is -3.37. The Morgan fingerprint density at radius 1 is 1.12 bits per heavy atom. The van der Waals surface area contributed by atoms with Crippen LogP contribution in [-0.4, -0.2) is 60.1 Å². The molecular weight excluding hydrogens is 447 g/mol. The van der Waals surface area contributed by atoms with E-state index in [-0.39, 0.29) is 17.4 Å². The maximum absolute atomic E-state index is 14.8. The van der Waals surface area contributed by atoms with Crippen molar-refractivity contribution in [3.63, 3.8) is 0 Å². The van der Waals surface area contributed by atoms with E-state index < -0.39 is 29.5 Å². The summed E-state index contributed by atoms with van der Waals surface area (Å²) < 4.78 is 48.6. The second kappa shape index (κ2) is 10.3. The molecule has 1 saturated heterocycles. The van der Waals surface area contributed by atoms with E-state index in [1.807, 2.05) is 6.07 Å². The number of hydrogen-bond donors (Lipinski definition) is 2. The van der Waals surface area contributed by atoms with Gasteiger partial charge in [0.15, 0.2) is 23.3 Å². The summed E-state index contributed by atoms with van der Waals surface area (Å²) in [5, 5.41) is 9.64. The van der Waals surface area contributed by atoms with Crippen LogP contribution in [-0.2, 0) is 4.74 Å². The van der Waals surface area contributed by atoms with Crippen molar-refractivity contribution in [3.05, 3.63) is 77.2 Å². The van der Waals surface area contributed by atoms with Crippen LogP contribution in [0.1, 0.15) is 17.2 Å². The molecule has 10 heteroatoms. The molecule has 2 heterocycles. The van der Waals surface area contributed by atoms with E-state index >= 15 is 0 Å². The Labute approximate surface area is 195 Å². The number of hydrogen-bond acceptors (Lipinski definition) is 4. The van der Waals surface area contributed by atoms with E-state index in [4.69, 9.17) is 4.74 Å². The second-order valence-corrected chi connectivity index (χ2v) is 8.23. The van der Waals surface area contributed by atoms with Gasteiger partial charge in [-0.25, -0.2) is 22.6 Å². The van der Waals surface area contributed by atoms with Crippen LogP contribution in [0.15, 0.2) is 48.5 Å². The molecule has 0 radical (unpaired) electrons. The van der Waals surface area contributed by atoms with Gasteiger partial charge in [0.2, 0.25) is 0 Å². The number of halogens is 3. The summed E-state index contributed by atoms with van der Waals surface area (Å²) in [5.74, 6) is -2.88. The number of methoxy groups -OCH3 is 1. The van der Waals surface area contributed by atoms with Crippen LogP contribution in [0.2, 0.25) is 0 Å². The molecule has 0 bridgehead atoms. The molecule has 2 aromatic carbocycles. The van der Waals surface area contributed by atoms with Crippen LogP contribution in [0.3, 0.4) is 0 Å². The Bertz CT molecular complexity index is 1160. The Kier molecular flexibility index (Phi) is 7.18. The minimum absolute atomic E-state index is 0.0835. The maximum atomic E-state index is 14.8. The highest BCUT2D eigenvalue weighted by molar-refractivity contribution is 5.89. The average molecular weight is 473 g/mol. The van der Waals surface area contributed by atoms with Crippen LogP contribution in [0.4, 0.5) is 23.8 Å². The van der Waals surface area contributed by atoms with Crippen molar-refractivity contribution in [3.8, 4) is 5.69 Å². The number of benzene rings is 2. The lowest BCUT2D eigenvalue weighted by Gasteiger charge is -2.21. The number of amides is 2. The van der Waals surface area contributed by atoms with E-state index in [0.29, 0.717) is 37.5 Å². The largest absolute Gasteiger partial charge is 0.383 e. The third kappa shape index (κ3) is 5.07. The standard InChI is InChI=1S/C24H26F3N5O2/c1-15-22(27)23(32(30-15)17-6-4-3-5-7-17)29-24(33)28-21-14-31(10-11-34-2)13-18(21)16-8-9-19(25)20(26)12-16/h3-9,12,18,21H,10-11,13-14H2,1-2H3,(H2,28,29,33). The molecular formula is C24H26F3N5O2. The predicted molar refractivity (Wildman–Crippen MR) is 122 cm³/mol. The Morgan fingerprint density at radius 2 is 1.88 bits per heavy atom. The van der Waals surface area contributed by atoms with E-state index in [1.165, 1.54) is 17.7 Å². The molecule has 1 fully saturated rings. The van der Waals surface area contributed by atoms with Crippen LogP contribution in [0, 0.1) is 24.4 Å². The summed E-state index contributed by atoms with van der Waals surface area (Å²) in [6.45, 7) is 3.62. The van der Waals surface area contributed by atoms with E-state index in [9.17, 15) is 18.0 Å². The molecule has 2 unspecified atom stereocenters. The van der Waals surface area contributed by atoms with Crippen molar-refractivity contribution in [1.82, 2.24) is 20.0 Å². The van der Waals surface area contributed by atoms with Crippen LogP contribution in [0.25, 0.3) is 5.69 Å². The molecule has 1 aliphatic rings. The zero-order valence-corrected chi connectivity index (χ0v) is 18.9. The SMILES string of the molecule is COCCN1CC(NC(=O)Nc2c(F)c(C)nn2-c2ccccc2)C(c2ccc(F)c(F)c2)C1. The van der Waals surface area contributed by atoms with Crippen LogP contribution < -0.4 is 10.6 Å². The summed E-state index contributed by atoms with van der Waals surface area (Å²) in [7, 11) is 1.60. The fraction of sp³-hybridized carbons (Fsp3) is 0.333. The summed E-state index contributed by atoms with van der Waals surface area (Å²) in [6.07, 6.45) is 0. The average Bonchev–Trinajstić information content (AvgIpc) is 3.35. The molecule has 3 aromatic rings. The number of nitrogens with zero attached hydrogens (tertiary/aromatic N) is 3. The Morgan fingerprint density at radius 3 is 2.59 bits per heavy atom. The molecule has 34 heavy (non-hydrogen) atoms. The number of aromatic nitrogens is 2. The highest BCUT2D eigenvalue weighted by atomic mass is 19.2. The zero-order chi connectivity index (χ0) is 24.2. The van der Waals surface area contributed by atoms with Crippen molar-refractivity contribution < 1.29 is 22.7 Å². The van der Waals surface area contributed by atoms with Gasteiger partial charge in [0.25, 0.3) is 0 Å². The minimum atomic E-state index is -0.944. The van der Waals surface area contributed by atoms with Gasteiger partial charge in [-0.3, -0.25) is 10.2 Å². The van der Waals surface area contributed by atoms with Gasteiger partial charge in [0.05, 0.1) is 24.0 Å². The molecule has 1 aliphatic heterocycles. The first-order chi connectivity index (χ1) is 16.4. The first-order valence-corrected chi connectivity index (χ1v) is 10.9. The minimum Gasteiger partial charge on any atom is -0.383 e. The number of ether oxygens (including phenoxy) is 1. The molecule has 2 atom stereocenters. The summed E-state index contributed by atoms with van der Waals surface area (Å²) >= 11 is 0. The number of anilines is 1. The lowest BCUT2D eigenvalue weighted by molar-refractivity contribution is 0.159. The number of rotatable bonds is 7. The van der Waals surface area contributed by atoms with Crippen molar-refractivity contribution in [2.24, 2.45) is 0 Å². The van der Waals surface area contributed by atoms with Crippen LogP contribution in [0.5, 0.6) is 0 Å². The molecule has 2 amide bonds. The van der Waals surface area contributed by atoms with Crippen molar-refractivity contribution >= 4 is 11.8 Å². The molecule has 1 aromatic heterocycles. The second-order valence-electron chi connectivity index (χ2n) is 8.23. The molecule has 2 N–H and O–H groups in total. The normalized spacial score (nSPS) is 18.3. The van der Waals surface area contributed by atoms with Gasteiger partial charge in [0.1, 0.15) is 0 Å². The van der Waals surface area contributed by atoms with E-state index in [0.717, 1.165) is 12.1 Å². The summed E-state index contributed by atoms with van der Waals surface area (Å²) in [5.41, 5.74) is 1.31. The number of aryl methyl sites for hydroxylation is 1. The highest BCUT2D eigenvalue weighted by Crippen LogP contribution is 2.29. The smallest absolute Gasteiger partial charge is 0.320 e. The summed E-state index contributed by atoms with van der Waals surface area (Å²) in [4.78, 5) is 15.0. The fourth-order valence-corrected chi connectivity index (χ4v) is 4.20. The number of nitrogens with one attached hydrogen (secondary N) is 2. The van der Waals surface area contributed by atoms with Gasteiger partial charge in [0, 0.05) is 32.7 Å². The molecule has 180 valence electrons. The van der Waals surface area contributed by atoms with E-state index in [1.54, 1.807) is 31.4 Å². The predicted octanol–water partition coefficient (Wildman–Crippen LogP) is 3.83. The van der Waals surface area contributed by atoms with Gasteiger partial charge < -0.3 is 10.1 Å². The van der Waals surface area contributed by atoms with Gasteiger partial charge in [-0.15, -0.1) is 0 Å². The molecule has 0 aliphatic carbocycles. The van der Waals surface area contributed by atoms with Gasteiger partial charge in [-0.05, 0) is 36.8 Å². The van der Waals surface area contributed by atoms with Crippen LogP contribution >= 0.6 is 0 Å². The lowest BCUT2D eigenvalue weighted by atomic mass is 9.94. The number of likely N-dealkylation sites (tertiary alicyclic amines) is 1. The van der Waals surface area contributed by atoms with Gasteiger partial charge in [-0.2, -0.15) is 5.10 Å². The fourth-order valence-electron chi connectivity index (χ4n) is 4.20. The lowest BCUT2D eigenvalue weighted by Crippen LogP contribution is -2.42. The van der Waals surface area contributed by atoms with Crippen molar-refractivity contribution in [2.75, 3.05) is 38.7 Å². The van der Waals surface area contributed by atoms with Crippen molar-refractivity contribution in [1.29, 1.82) is 0 Å². The number of carbonyl (C=O) groups is 1. The molecule has 4 rings (SSSR count). The molecule has 0 spiro atoms. The highest BCUT2D eigenvalue weighted by Gasteiger charge is 2.35. The molecule has 0 saturated carbocycles. The number of urea groups is 1. The summed E-state index contributed by atoms with van der Waals surface area (Å²) in [6, 6.07) is 11.6. The monoisotopic (exact) mass is 473 g/mol. The van der Waals surface area contributed by atoms with E-state index in [2.05, 4.69) is 20.6 Å². The van der Waals surface area contributed by atoms with Crippen molar-refractivity contribution in [2.45, 2.75) is 18.9 Å². The number of carbonyl (C=O) groups excluding carboxylic acids is 1. The van der Waals surface area contributed by atoms with Gasteiger partial charge in [-0.1, -0.05) is 24.3 Å². The first kappa shape index (κ1) is 23.8. The Balaban J connectivity index is 1.54. The topological polar surface area (TPSA) is 71.4 Å². The maximum Gasteiger partial charge on any atom is 0.320 e. The third-order valence-electron chi connectivity index (χ3n) is 5.92.